The summed E-state index contributed by atoms with van der Waals surface area (Å²) < 4.78 is 29.0. The van der Waals surface area contributed by atoms with Gasteiger partial charge in [-0.3, -0.25) is 4.79 Å². The number of hydrogen-bond acceptors (Lipinski definition) is 3. The molecular weight excluding hydrogens is 292 g/mol. The van der Waals surface area contributed by atoms with Crippen LogP contribution in [0.25, 0.3) is 0 Å². The number of carbonyl (C=O) groups is 1. The zero-order valence-corrected chi connectivity index (χ0v) is 13.6. The summed E-state index contributed by atoms with van der Waals surface area (Å²) >= 11 is 0. The third-order valence-electron chi connectivity index (χ3n) is 4.57. The molecule has 1 saturated carbocycles. The van der Waals surface area contributed by atoms with Gasteiger partial charge in [0.15, 0.2) is 0 Å². The van der Waals surface area contributed by atoms with E-state index in [-0.39, 0.29) is 12.6 Å². The molecule has 0 spiro atoms. The van der Waals surface area contributed by atoms with Crippen LogP contribution in [0.3, 0.4) is 0 Å². The molecular formula is C14H26N2O4S. The number of rotatable bonds is 4. The maximum absolute atomic E-state index is 12.5. The minimum atomic E-state index is -3.58. The second-order valence-corrected chi connectivity index (χ2v) is 8.47. The average molecular weight is 318 g/mol. The predicted octanol–water partition coefficient (Wildman–Crippen LogP) is 1.44. The van der Waals surface area contributed by atoms with Crippen molar-refractivity contribution in [1.29, 1.82) is 0 Å². The third kappa shape index (κ3) is 4.40. The van der Waals surface area contributed by atoms with Gasteiger partial charge in [-0.05, 0) is 43.9 Å². The molecule has 21 heavy (non-hydrogen) atoms. The van der Waals surface area contributed by atoms with E-state index in [4.69, 9.17) is 5.11 Å². The Kier molecular flexibility index (Phi) is 5.27. The Balaban J connectivity index is 1.99. The Labute approximate surface area is 127 Å². The molecule has 1 saturated heterocycles. The van der Waals surface area contributed by atoms with E-state index in [1.807, 2.05) is 0 Å². The van der Waals surface area contributed by atoms with E-state index in [2.05, 4.69) is 18.6 Å². The highest BCUT2D eigenvalue weighted by Gasteiger charge is 2.34. The van der Waals surface area contributed by atoms with Crippen LogP contribution in [0.15, 0.2) is 0 Å². The van der Waals surface area contributed by atoms with E-state index < -0.39 is 22.1 Å². The first-order valence-corrected chi connectivity index (χ1v) is 9.22. The fourth-order valence-electron chi connectivity index (χ4n) is 3.69. The van der Waals surface area contributed by atoms with Crippen LogP contribution in [0.1, 0.15) is 46.0 Å². The smallest absolute Gasteiger partial charge is 0.307 e. The van der Waals surface area contributed by atoms with Crippen molar-refractivity contribution in [3.8, 4) is 0 Å². The van der Waals surface area contributed by atoms with Crippen molar-refractivity contribution in [3.05, 3.63) is 0 Å². The van der Waals surface area contributed by atoms with Crippen molar-refractivity contribution in [2.75, 3.05) is 13.1 Å². The van der Waals surface area contributed by atoms with E-state index in [0.717, 1.165) is 19.3 Å². The van der Waals surface area contributed by atoms with E-state index in [9.17, 15) is 13.2 Å². The van der Waals surface area contributed by atoms with E-state index in [1.54, 1.807) is 0 Å². The highest BCUT2D eigenvalue weighted by Crippen LogP contribution is 2.29. The third-order valence-corrected chi connectivity index (χ3v) is 6.21. The molecule has 2 rings (SSSR count). The number of piperidine rings is 1. The van der Waals surface area contributed by atoms with Gasteiger partial charge in [0.2, 0.25) is 0 Å². The van der Waals surface area contributed by atoms with Gasteiger partial charge in [-0.15, -0.1) is 0 Å². The van der Waals surface area contributed by atoms with Crippen LogP contribution in [0, 0.1) is 17.8 Å². The minimum Gasteiger partial charge on any atom is -0.481 e. The fraction of sp³-hybridized carbons (Fsp3) is 0.929. The second kappa shape index (κ2) is 6.62. The Morgan fingerprint density at radius 3 is 2.38 bits per heavy atom. The Morgan fingerprint density at radius 2 is 1.81 bits per heavy atom. The lowest BCUT2D eigenvalue weighted by Gasteiger charge is -2.35. The molecule has 1 aliphatic carbocycles. The number of hydrogen-bond donors (Lipinski definition) is 2. The van der Waals surface area contributed by atoms with Crippen molar-refractivity contribution in [2.24, 2.45) is 17.8 Å². The summed E-state index contributed by atoms with van der Waals surface area (Å²) in [6.07, 6.45) is 4.02. The van der Waals surface area contributed by atoms with Gasteiger partial charge >= 0.3 is 5.97 Å². The molecule has 3 atom stereocenters. The van der Waals surface area contributed by atoms with Gasteiger partial charge in [0.1, 0.15) is 0 Å². The molecule has 0 bridgehead atoms. The zero-order valence-electron chi connectivity index (χ0n) is 12.8. The predicted molar refractivity (Wildman–Crippen MR) is 80.0 cm³/mol. The first-order chi connectivity index (χ1) is 9.78. The first kappa shape index (κ1) is 16.7. The Bertz CT molecular complexity index is 469. The van der Waals surface area contributed by atoms with Gasteiger partial charge in [-0.1, -0.05) is 13.8 Å². The summed E-state index contributed by atoms with van der Waals surface area (Å²) in [6, 6.07) is -0.0287. The van der Waals surface area contributed by atoms with E-state index in [0.29, 0.717) is 31.2 Å². The van der Waals surface area contributed by atoms with Gasteiger partial charge in [-0.2, -0.15) is 17.4 Å². The van der Waals surface area contributed by atoms with Gasteiger partial charge in [0, 0.05) is 19.1 Å². The maximum atomic E-state index is 12.5. The average Bonchev–Trinajstić information content (AvgIpc) is 2.37. The lowest BCUT2D eigenvalue weighted by atomic mass is 9.81. The van der Waals surface area contributed by atoms with Gasteiger partial charge in [0.25, 0.3) is 10.2 Å². The normalized spacial score (nSPS) is 35.5. The van der Waals surface area contributed by atoms with Gasteiger partial charge < -0.3 is 5.11 Å². The van der Waals surface area contributed by atoms with Crippen molar-refractivity contribution in [3.63, 3.8) is 0 Å². The van der Waals surface area contributed by atoms with Gasteiger partial charge in [-0.25, -0.2) is 0 Å². The number of aliphatic carboxylic acids is 1. The molecule has 7 heteroatoms. The van der Waals surface area contributed by atoms with Crippen LogP contribution in [0.4, 0.5) is 0 Å². The topological polar surface area (TPSA) is 86.7 Å². The van der Waals surface area contributed by atoms with Crippen molar-refractivity contribution in [2.45, 2.75) is 52.0 Å². The lowest BCUT2D eigenvalue weighted by molar-refractivity contribution is -0.142. The monoisotopic (exact) mass is 318 g/mol. The molecule has 1 heterocycles. The quantitative estimate of drug-likeness (QED) is 0.821. The van der Waals surface area contributed by atoms with Gasteiger partial charge in [0.05, 0.1) is 5.92 Å². The fourth-order valence-corrected chi connectivity index (χ4v) is 5.20. The Morgan fingerprint density at radius 1 is 1.19 bits per heavy atom. The first-order valence-electron chi connectivity index (χ1n) is 7.78. The van der Waals surface area contributed by atoms with Crippen molar-refractivity contribution >= 4 is 16.2 Å². The standard InChI is InChI=1S/C14H26N2O4S/c1-10-6-11(2)8-13(7-10)15-21(19,20)16-5-3-4-12(9-16)14(17)18/h10-13,15H,3-9H2,1-2H3,(H,17,18). The summed E-state index contributed by atoms with van der Waals surface area (Å²) in [5.74, 6) is -0.446. The SMILES string of the molecule is CC1CC(C)CC(NS(=O)(=O)N2CCCC(C(=O)O)C2)C1. The molecule has 6 nitrogen and oxygen atoms in total. The number of carboxylic acids is 1. The highest BCUT2D eigenvalue weighted by atomic mass is 32.2. The summed E-state index contributed by atoms with van der Waals surface area (Å²) in [7, 11) is -3.58. The molecule has 0 aromatic carbocycles. The van der Waals surface area contributed by atoms with E-state index >= 15 is 0 Å². The molecule has 0 amide bonds. The molecule has 0 aromatic rings. The van der Waals surface area contributed by atoms with Crippen LogP contribution in [-0.2, 0) is 15.0 Å². The number of nitrogens with one attached hydrogen (secondary N) is 1. The molecule has 0 radical (unpaired) electrons. The molecule has 2 N–H and O–H groups in total. The summed E-state index contributed by atoms with van der Waals surface area (Å²) in [5, 5.41) is 9.07. The largest absolute Gasteiger partial charge is 0.481 e. The number of nitrogens with zero attached hydrogens (tertiary/aromatic N) is 1. The second-order valence-electron chi connectivity index (χ2n) is 6.77. The molecule has 0 aromatic heterocycles. The maximum Gasteiger partial charge on any atom is 0.307 e. The number of carboxylic acid groups (broad SMARTS) is 1. The highest BCUT2D eigenvalue weighted by molar-refractivity contribution is 7.87. The van der Waals surface area contributed by atoms with Crippen molar-refractivity contribution < 1.29 is 18.3 Å². The zero-order chi connectivity index (χ0) is 15.6. The van der Waals surface area contributed by atoms with Crippen molar-refractivity contribution in [1.82, 2.24) is 9.03 Å². The van der Waals surface area contributed by atoms with Crippen LogP contribution in [-0.4, -0.2) is 42.9 Å². The summed E-state index contributed by atoms with van der Waals surface area (Å²) in [5.41, 5.74) is 0. The van der Waals surface area contributed by atoms with Crippen LogP contribution in [0.5, 0.6) is 0 Å². The lowest BCUT2D eigenvalue weighted by Crippen LogP contribution is -2.51. The molecule has 2 fully saturated rings. The Hall–Kier alpha value is -0.660. The summed E-state index contributed by atoms with van der Waals surface area (Å²) in [4.78, 5) is 11.1. The van der Waals surface area contributed by atoms with E-state index in [1.165, 1.54) is 4.31 Å². The van der Waals surface area contributed by atoms with Crippen LogP contribution in [0.2, 0.25) is 0 Å². The summed E-state index contributed by atoms with van der Waals surface area (Å²) in [6.45, 7) is 4.80. The molecule has 3 unspecified atom stereocenters. The molecule has 122 valence electrons. The molecule has 1 aliphatic heterocycles. The minimum absolute atomic E-state index is 0.0287. The van der Waals surface area contributed by atoms with Crippen LogP contribution < -0.4 is 4.72 Å². The van der Waals surface area contributed by atoms with Crippen LogP contribution >= 0.6 is 0 Å². The molecule has 2 aliphatic rings.